The minimum absolute atomic E-state index is 0.464. The molecule has 1 fully saturated rings. The molecule has 1 amide bonds. The molecule has 0 aliphatic heterocycles. The van der Waals surface area contributed by atoms with Crippen LogP contribution >= 0.6 is 0 Å². The van der Waals surface area contributed by atoms with E-state index in [0.717, 1.165) is 34.8 Å². The Bertz CT molecular complexity index is 653. The summed E-state index contributed by atoms with van der Waals surface area (Å²) in [4.78, 5) is 23.0. The number of rotatable bonds is 4. The van der Waals surface area contributed by atoms with E-state index >= 15 is 0 Å². The molecule has 20 heavy (non-hydrogen) atoms. The molecular formula is C15H18N4O. The van der Waals surface area contributed by atoms with Gasteiger partial charge in [0, 0.05) is 17.8 Å². The second-order valence-electron chi connectivity index (χ2n) is 5.39. The average Bonchev–Trinajstić information content (AvgIpc) is 3.05. The fourth-order valence-corrected chi connectivity index (χ4v) is 2.85. The van der Waals surface area contributed by atoms with E-state index in [-0.39, 0.29) is 0 Å². The number of hydrogen-bond donors (Lipinski definition) is 2. The van der Waals surface area contributed by atoms with E-state index in [2.05, 4.69) is 15.0 Å². The van der Waals surface area contributed by atoms with Crippen molar-refractivity contribution in [2.75, 3.05) is 0 Å². The van der Waals surface area contributed by atoms with Crippen LogP contribution in [0.5, 0.6) is 0 Å². The Kier molecular flexibility index (Phi) is 3.50. The van der Waals surface area contributed by atoms with E-state index in [1.807, 2.05) is 6.20 Å². The topological polar surface area (TPSA) is 84.7 Å². The van der Waals surface area contributed by atoms with E-state index in [4.69, 9.17) is 5.73 Å². The lowest BCUT2D eigenvalue weighted by atomic mass is 10.0. The summed E-state index contributed by atoms with van der Waals surface area (Å²) in [5.41, 5.74) is 8.54. The van der Waals surface area contributed by atoms with E-state index in [1.165, 1.54) is 31.8 Å². The first kappa shape index (κ1) is 12.8. The Labute approximate surface area is 117 Å². The zero-order valence-corrected chi connectivity index (χ0v) is 11.3. The number of aromatic nitrogens is 3. The van der Waals surface area contributed by atoms with E-state index in [9.17, 15) is 4.79 Å². The van der Waals surface area contributed by atoms with Gasteiger partial charge in [-0.15, -0.1) is 0 Å². The van der Waals surface area contributed by atoms with E-state index < -0.39 is 5.91 Å². The van der Waals surface area contributed by atoms with Crippen LogP contribution in [0.1, 0.15) is 36.9 Å². The maximum absolute atomic E-state index is 10.8. The second kappa shape index (κ2) is 5.45. The lowest BCUT2D eigenvalue weighted by Gasteiger charge is -2.07. The van der Waals surface area contributed by atoms with Gasteiger partial charge in [0.25, 0.3) is 0 Å². The number of nitrogens with two attached hydrogens (primary N) is 1. The molecule has 104 valence electrons. The van der Waals surface area contributed by atoms with E-state index in [0.29, 0.717) is 0 Å². The largest absolute Gasteiger partial charge is 0.366 e. The molecular weight excluding hydrogens is 252 g/mol. The van der Waals surface area contributed by atoms with Crippen LogP contribution in [-0.4, -0.2) is 20.9 Å². The summed E-state index contributed by atoms with van der Waals surface area (Å²) in [6.07, 6.45) is 12.9. The standard InChI is InChI=1S/C15H18N4O/c16-13(20)6-5-11-8-17-15-14(11)19-12(9-18-15)7-10-3-1-2-4-10/h5-6,8-10H,1-4,7H2,(H2,16,20)(H,17,18)/b6-5+. The SMILES string of the molecule is NC(=O)/C=C/c1c[nH]c2ncc(CC3CCCC3)nc12. The van der Waals surface area contributed by atoms with Gasteiger partial charge < -0.3 is 10.7 Å². The average molecular weight is 270 g/mol. The summed E-state index contributed by atoms with van der Waals surface area (Å²) in [5, 5.41) is 0. The molecule has 0 spiro atoms. The van der Waals surface area contributed by atoms with Crippen LogP contribution in [0.3, 0.4) is 0 Å². The number of carbonyl (C=O) groups excluding carboxylic acids is 1. The van der Waals surface area contributed by atoms with Crippen molar-refractivity contribution < 1.29 is 4.79 Å². The van der Waals surface area contributed by atoms with E-state index in [1.54, 1.807) is 12.3 Å². The second-order valence-corrected chi connectivity index (χ2v) is 5.39. The van der Waals surface area contributed by atoms with Gasteiger partial charge in [0.15, 0.2) is 5.65 Å². The molecule has 0 aromatic carbocycles. The zero-order chi connectivity index (χ0) is 13.9. The van der Waals surface area contributed by atoms with Gasteiger partial charge in [0.1, 0.15) is 5.52 Å². The lowest BCUT2D eigenvalue weighted by Crippen LogP contribution is -2.05. The molecule has 0 unspecified atom stereocenters. The van der Waals surface area contributed by atoms with Crippen molar-refractivity contribution in [1.82, 2.24) is 15.0 Å². The number of aromatic amines is 1. The van der Waals surface area contributed by atoms with Crippen LogP contribution in [0.25, 0.3) is 17.2 Å². The maximum Gasteiger partial charge on any atom is 0.241 e. The fraction of sp³-hybridized carbons (Fsp3) is 0.400. The van der Waals surface area contributed by atoms with Crippen LogP contribution in [0.2, 0.25) is 0 Å². The molecule has 5 nitrogen and oxygen atoms in total. The fourth-order valence-electron chi connectivity index (χ4n) is 2.85. The molecule has 2 heterocycles. The number of nitrogens with one attached hydrogen (secondary N) is 1. The Morgan fingerprint density at radius 3 is 3.00 bits per heavy atom. The summed E-state index contributed by atoms with van der Waals surface area (Å²) in [5.74, 6) is 0.278. The van der Waals surface area contributed by atoms with Crippen LogP contribution in [0.15, 0.2) is 18.5 Å². The Balaban J connectivity index is 1.88. The molecule has 0 bridgehead atoms. The van der Waals surface area contributed by atoms with Crippen LogP contribution in [0.4, 0.5) is 0 Å². The molecule has 3 rings (SSSR count). The van der Waals surface area contributed by atoms with Crippen LogP contribution < -0.4 is 5.73 Å². The first-order valence-corrected chi connectivity index (χ1v) is 7.03. The van der Waals surface area contributed by atoms with Crippen molar-refractivity contribution in [3.8, 4) is 0 Å². The minimum atomic E-state index is -0.464. The predicted molar refractivity (Wildman–Crippen MR) is 77.8 cm³/mol. The molecule has 1 saturated carbocycles. The summed E-state index contributed by atoms with van der Waals surface area (Å²) in [7, 11) is 0. The van der Waals surface area contributed by atoms with Crippen molar-refractivity contribution in [2.24, 2.45) is 11.7 Å². The summed E-state index contributed by atoms with van der Waals surface area (Å²) in [6.45, 7) is 0. The first-order valence-electron chi connectivity index (χ1n) is 7.03. The van der Waals surface area contributed by atoms with Gasteiger partial charge in [-0.25, -0.2) is 9.97 Å². The van der Waals surface area contributed by atoms with Crippen molar-refractivity contribution in [3.63, 3.8) is 0 Å². The van der Waals surface area contributed by atoms with Crippen molar-refractivity contribution >= 4 is 23.1 Å². The molecule has 1 aliphatic rings. The molecule has 0 radical (unpaired) electrons. The highest BCUT2D eigenvalue weighted by Crippen LogP contribution is 2.28. The molecule has 0 atom stereocenters. The smallest absolute Gasteiger partial charge is 0.241 e. The third-order valence-electron chi connectivity index (χ3n) is 3.86. The van der Waals surface area contributed by atoms with Crippen molar-refractivity contribution in [2.45, 2.75) is 32.1 Å². The molecule has 2 aromatic rings. The number of nitrogens with zero attached hydrogens (tertiary/aromatic N) is 2. The maximum atomic E-state index is 10.8. The van der Waals surface area contributed by atoms with Gasteiger partial charge in [0.05, 0.1) is 11.9 Å². The Hall–Kier alpha value is -2.17. The number of fused-ring (bicyclic) bond motifs is 1. The number of primary amides is 1. The molecule has 3 N–H and O–H groups in total. The number of amides is 1. The van der Waals surface area contributed by atoms with Gasteiger partial charge in [0.2, 0.25) is 5.91 Å². The monoisotopic (exact) mass is 270 g/mol. The van der Waals surface area contributed by atoms with Gasteiger partial charge >= 0.3 is 0 Å². The highest BCUT2D eigenvalue weighted by Gasteiger charge is 2.16. The highest BCUT2D eigenvalue weighted by atomic mass is 16.1. The molecule has 0 saturated heterocycles. The van der Waals surface area contributed by atoms with Crippen LogP contribution in [0, 0.1) is 5.92 Å². The number of carbonyl (C=O) groups is 1. The Morgan fingerprint density at radius 2 is 2.25 bits per heavy atom. The van der Waals surface area contributed by atoms with Crippen molar-refractivity contribution in [1.29, 1.82) is 0 Å². The zero-order valence-electron chi connectivity index (χ0n) is 11.3. The van der Waals surface area contributed by atoms with Gasteiger partial charge in [-0.3, -0.25) is 4.79 Å². The summed E-state index contributed by atoms with van der Waals surface area (Å²) >= 11 is 0. The van der Waals surface area contributed by atoms with Gasteiger partial charge in [-0.05, 0) is 18.4 Å². The number of H-pyrrole nitrogens is 1. The van der Waals surface area contributed by atoms with Crippen molar-refractivity contribution in [3.05, 3.63) is 29.7 Å². The summed E-state index contributed by atoms with van der Waals surface area (Å²) < 4.78 is 0. The highest BCUT2D eigenvalue weighted by molar-refractivity contribution is 5.93. The van der Waals surface area contributed by atoms with Gasteiger partial charge in [-0.1, -0.05) is 25.7 Å². The minimum Gasteiger partial charge on any atom is -0.366 e. The lowest BCUT2D eigenvalue weighted by molar-refractivity contribution is -0.113. The first-order chi connectivity index (χ1) is 9.72. The molecule has 1 aliphatic carbocycles. The van der Waals surface area contributed by atoms with Crippen LogP contribution in [-0.2, 0) is 11.2 Å². The normalized spacial score (nSPS) is 16.4. The third-order valence-corrected chi connectivity index (χ3v) is 3.86. The van der Waals surface area contributed by atoms with Gasteiger partial charge in [-0.2, -0.15) is 0 Å². The summed E-state index contributed by atoms with van der Waals surface area (Å²) in [6, 6.07) is 0. The third kappa shape index (κ3) is 2.71. The molecule has 2 aromatic heterocycles. The number of hydrogen-bond acceptors (Lipinski definition) is 3. The molecule has 5 heteroatoms. The predicted octanol–water partition coefficient (Wildman–Crippen LogP) is 2.19. The quantitative estimate of drug-likeness (QED) is 0.835. The Morgan fingerprint density at radius 1 is 1.45 bits per heavy atom.